The molecule has 7 nitrogen and oxygen atoms in total. The van der Waals surface area contributed by atoms with Crippen LogP contribution in [0.5, 0.6) is 5.75 Å². The molecule has 3 heterocycles. The molecule has 2 aromatic rings. The Morgan fingerprint density at radius 1 is 1.29 bits per heavy atom. The molecule has 1 saturated heterocycles. The van der Waals surface area contributed by atoms with Crippen LogP contribution in [0.3, 0.4) is 0 Å². The summed E-state index contributed by atoms with van der Waals surface area (Å²) in [6.07, 6.45) is 3.49. The minimum atomic E-state index is -1.07. The second-order valence-electron chi connectivity index (χ2n) is 8.74. The maximum atomic E-state index is 14.0. The van der Waals surface area contributed by atoms with Gasteiger partial charge in [0, 0.05) is 24.4 Å². The minimum absolute atomic E-state index is 0.113. The number of carbonyl (C=O) groups is 2. The van der Waals surface area contributed by atoms with E-state index in [-0.39, 0.29) is 24.0 Å². The molecule has 0 aliphatic carbocycles. The minimum Gasteiger partial charge on any atom is -0.492 e. The average molecular weight is 519 g/mol. The summed E-state index contributed by atoms with van der Waals surface area (Å²) in [6.45, 7) is 3.00. The van der Waals surface area contributed by atoms with E-state index >= 15 is 0 Å². The van der Waals surface area contributed by atoms with E-state index in [9.17, 15) is 14.7 Å². The molecule has 1 aromatic carbocycles. The van der Waals surface area contributed by atoms with E-state index in [0.29, 0.717) is 47.8 Å². The van der Waals surface area contributed by atoms with Crippen molar-refractivity contribution in [3.63, 3.8) is 0 Å². The lowest BCUT2D eigenvalue weighted by Crippen LogP contribution is -2.47. The number of allylic oxidation sites excluding steroid dienone is 1. The maximum absolute atomic E-state index is 14.0. The standard InChI is InChI=1S/C26H28Cl2N2O5/c1-16-23(26(32)33)24(18-8-9-22(28)29-14-18)20(25(31)30(16)15-19-6-4-11-34-19)13-17-5-2-3-7-21(17)35-12-10-27/h2-3,5,7-9,14,19-20,24H,4,6,10-13,15H2,1H3,(H,32,33)/t19-,20?,24-/m0/s1. The molecule has 1 fully saturated rings. The summed E-state index contributed by atoms with van der Waals surface area (Å²) in [6, 6.07) is 10.8. The number of carbonyl (C=O) groups excluding carboxylic acids is 1. The number of amides is 1. The molecule has 1 unspecified atom stereocenters. The third kappa shape index (κ3) is 5.63. The Labute approximate surface area is 214 Å². The van der Waals surface area contributed by atoms with Gasteiger partial charge in [0.15, 0.2) is 0 Å². The zero-order valence-corrected chi connectivity index (χ0v) is 21.0. The zero-order chi connectivity index (χ0) is 24.9. The molecule has 0 saturated carbocycles. The van der Waals surface area contributed by atoms with Gasteiger partial charge < -0.3 is 19.5 Å². The molecule has 1 aromatic heterocycles. The zero-order valence-electron chi connectivity index (χ0n) is 19.5. The first-order valence-corrected chi connectivity index (χ1v) is 12.6. The number of alkyl halides is 1. The molecule has 9 heteroatoms. The normalized spacial score (nSPS) is 22.5. The summed E-state index contributed by atoms with van der Waals surface area (Å²) < 4.78 is 11.6. The molecule has 2 aliphatic rings. The molecule has 1 amide bonds. The lowest BCUT2D eigenvalue weighted by molar-refractivity contribution is -0.139. The van der Waals surface area contributed by atoms with Gasteiger partial charge in [-0.05, 0) is 49.4 Å². The van der Waals surface area contributed by atoms with Gasteiger partial charge in [0.2, 0.25) is 5.91 Å². The van der Waals surface area contributed by atoms with Crippen LogP contribution in [0.4, 0.5) is 0 Å². The number of nitrogens with zero attached hydrogens (tertiary/aromatic N) is 2. The van der Waals surface area contributed by atoms with Crippen LogP contribution in [-0.2, 0) is 20.7 Å². The molecule has 3 atom stereocenters. The number of carboxylic acids is 1. The molecule has 2 aliphatic heterocycles. The number of rotatable bonds is 9. The topological polar surface area (TPSA) is 89.0 Å². The first-order valence-electron chi connectivity index (χ1n) is 11.7. The van der Waals surface area contributed by atoms with Gasteiger partial charge in [0.05, 0.1) is 30.0 Å². The highest BCUT2D eigenvalue weighted by Crippen LogP contribution is 2.43. The fourth-order valence-electron chi connectivity index (χ4n) is 4.96. The average Bonchev–Trinajstić information content (AvgIpc) is 3.36. The summed E-state index contributed by atoms with van der Waals surface area (Å²) in [4.78, 5) is 32.4. The highest BCUT2D eigenvalue weighted by molar-refractivity contribution is 6.29. The second-order valence-corrected chi connectivity index (χ2v) is 9.50. The van der Waals surface area contributed by atoms with Gasteiger partial charge >= 0.3 is 5.97 Å². The largest absolute Gasteiger partial charge is 0.492 e. The number of aliphatic carboxylic acids is 1. The van der Waals surface area contributed by atoms with Gasteiger partial charge in [-0.25, -0.2) is 9.78 Å². The summed E-state index contributed by atoms with van der Waals surface area (Å²) >= 11 is 11.8. The molecule has 0 bridgehead atoms. The second kappa shape index (κ2) is 11.4. The summed E-state index contributed by atoms with van der Waals surface area (Å²) in [5, 5.41) is 10.6. The van der Waals surface area contributed by atoms with Crippen molar-refractivity contribution in [1.29, 1.82) is 0 Å². The Morgan fingerprint density at radius 3 is 2.74 bits per heavy atom. The van der Waals surface area contributed by atoms with Crippen LogP contribution in [-0.4, -0.2) is 58.6 Å². The summed E-state index contributed by atoms with van der Waals surface area (Å²) in [7, 11) is 0. The number of para-hydroxylation sites is 1. The Kier molecular flexibility index (Phi) is 8.31. The van der Waals surface area contributed by atoms with Crippen LogP contribution in [0.15, 0.2) is 53.9 Å². The van der Waals surface area contributed by atoms with Gasteiger partial charge in [-0.1, -0.05) is 35.9 Å². The maximum Gasteiger partial charge on any atom is 0.333 e. The highest BCUT2D eigenvalue weighted by atomic mass is 35.5. The number of pyridine rings is 1. The molecule has 0 spiro atoms. The van der Waals surface area contributed by atoms with Crippen molar-refractivity contribution in [2.24, 2.45) is 5.92 Å². The SMILES string of the molecule is CC1=C(C(=O)O)[C@@H](c2ccc(Cl)nc2)C(Cc2ccccc2OCCCl)C(=O)N1C[C@@H]1CCCO1. The van der Waals surface area contributed by atoms with Gasteiger partial charge in [-0.3, -0.25) is 4.79 Å². The molecule has 186 valence electrons. The van der Waals surface area contributed by atoms with E-state index in [1.165, 1.54) is 0 Å². The fraction of sp³-hybridized carbons (Fsp3) is 0.423. The highest BCUT2D eigenvalue weighted by Gasteiger charge is 2.45. The van der Waals surface area contributed by atoms with Crippen molar-refractivity contribution < 1.29 is 24.2 Å². The predicted molar refractivity (Wildman–Crippen MR) is 133 cm³/mol. The van der Waals surface area contributed by atoms with E-state index in [2.05, 4.69) is 4.98 Å². The Bertz CT molecular complexity index is 1100. The quantitative estimate of drug-likeness (QED) is 0.383. The third-order valence-electron chi connectivity index (χ3n) is 6.59. The third-order valence-corrected chi connectivity index (χ3v) is 6.97. The van der Waals surface area contributed by atoms with Crippen LogP contribution in [0, 0.1) is 5.92 Å². The van der Waals surface area contributed by atoms with E-state index in [0.717, 1.165) is 18.4 Å². The lowest BCUT2D eigenvalue weighted by Gasteiger charge is -2.40. The first kappa shape index (κ1) is 25.5. The molecule has 4 rings (SSSR count). The van der Waals surface area contributed by atoms with Crippen LogP contribution < -0.4 is 4.74 Å². The van der Waals surface area contributed by atoms with E-state index < -0.39 is 17.8 Å². The molecule has 0 radical (unpaired) electrons. The van der Waals surface area contributed by atoms with E-state index in [1.54, 1.807) is 30.2 Å². The van der Waals surface area contributed by atoms with Crippen molar-refractivity contribution >= 4 is 35.1 Å². The van der Waals surface area contributed by atoms with Crippen molar-refractivity contribution in [2.45, 2.75) is 38.2 Å². The number of aromatic nitrogens is 1. The van der Waals surface area contributed by atoms with Crippen LogP contribution in [0.2, 0.25) is 5.15 Å². The molecular formula is C26H28Cl2N2O5. The van der Waals surface area contributed by atoms with Crippen LogP contribution >= 0.6 is 23.2 Å². The number of benzene rings is 1. The Hall–Kier alpha value is -2.61. The number of carboxylic acid groups (broad SMARTS) is 1. The molecule has 1 N–H and O–H groups in total. The van der Waals surface area contributed by atoms with Gasteiger partial charge in [0.1, 0.15) is 17.5 Å². The molecular weight excluding hydrogens is 491 g/mol. The number of hydrogen-bond acceptors (Lipinski definition) is 5. The number of hydrogen-bond donors (Lipinski definition) is 1. The van der Waals surface area contributed by atoms with Gasteiger partial charge in [-0.15, -0.1) is 11.6 Å². The van der Waals surface area contributed by atoms with Crippen molar-refractivity contribution in [3.05, 3.63) is 70.1 Å². The number of halogens is 2. The Morgan fingerprint density at radius 2 is 2.09 bits per heavy atom. The van der Waals surface area contributed by atoms with E-state index in [4.69, 9.17) is 32.7 Å². The summed E-state index contributed by atoms with van der Waals surface area (Å²) in [5.41, 5.74) is 2.04. The monoisotopic (exact) mass is 518 g/mol. The van der Waals surface area contributed by atoms with Gasteiger partial charge in [-0.2, -0.15) is 0 Å². The fourth-order valence-corrected chi connectivity index (χ4v) is 5.15. The van der Waals surface area contributed by atoms with Crippen LogP contribution in [0.1, 0.15) is 36.8 Å². The van der Waals surface area contributed by atoms with Crippen molar-refractivity contribution in [1.82, 2.24) is 9.88 Å². The lowest BCUT2D eigenvalue weighted by atomic mass is 9.74. The van der Waals surface area contributed by atoms with Crippen molar-refractivity contribution in [2.75, 3.05) is 25.6 Å². The Balaban J connectivity index is 1.79. The van der Waals surface area contributed by atoms with E-state index in [1.807, 2.05) is 24.3 Å². The predicted octanol–water partition coefficient (Wildman–Crippen LogP) is 4.67. The number of ether oxygens (including phenoxy) is 2. The smallest absolute Gasteiger partial charge is 0.333 e. The summed E-state index contributed by atoms with van der Waals surface area (Å²) in [5.74, 6) is -1.64. The first-order chi connectivity index (χ1) is 16.9. The van der Waals surface area contributed by atoms with Crippen molar-refractivity contribution in [3.8, 4) is 5.75 Å². The molecule has 35 heavy (non-hydrogen) atoms. The van der Waals surface area contributed by atoms with Gasteiger partial charge in [0.25, 0.3) is 0 Å². The van der Waals surface area contributed by atoms with Crippen LogP contribution in [0.25, 0.3) is 0 Å².